The van der Waals surface area contributed by atoms with Crippen LogP contribution in [0.25, 0.3) is 0 Å². The van der Waals surface area contributed by atoms with Gasteiger partial charge in [0.2, 0.25) is 0 Å². The van der Waals surface area contributed by atoms with E-state index in [1.54, 1.807) is 0 Å². The summed E-state index contributed by atoms with van der Waals surface area (Å²) < 4.78 is 5.18. The van der Waals surface area contributed by atoms with Gasteiger partial charge in [0.05, 0.1) is 6.61 Å². The molecule has 0 saturated heterocycles. The van der Waals surface area contributed by atoms with Crippen LogP contribution in [0.1, 0.15) is 39.2 Å². The highest BCUT2D eigenvalue weighted by atomic mass is 16.5. The molecule has 0 aliphatic heterocycles. The second-order valence-electron chi connectivity index (χ2n) is 5.23. The standard InChI is InChI=1S/C16H25NO2/c1-5-19-16(18)15(17-11-12(2)3)13(4)14-9-7-6-8-10-14/h6-10,12-13,15,17H,5,11H2,1-4H3. The summed E-state index contributed by atoms with van der Waals surface area (Å²) >= 11 is 0. The SMILES string of the molecule is CCOC(=O)C(NCC(C)C)C(C)c1ccccc1. The lowest BCUT2D eigenvalue weighted by atomic mass is 9.93. The summed E-state index contributed by atoms with van der Waals surface area (Å²) in [6.45, 7) is 9.38. The molecule has 0 bridgehead atoms. The first kappa shape index (κ1) is 15.7. The van der Waals surface area contributed by atoms with E-state index in [0.29, 0.717) is 12.5 Å². The maximum absolute atomic E-state index is 12.1. The Morgan fingerprint density at radius 2 is 1.84 bits per heavy atom. The quantitative estimate of drug-likeness (QED) is 0.769. The number of hydrogen-bond acceptors (Lipinski definition) is 3. The molecule has 1 aromatic rings. The van der Waals surface area contributed by atoms with Gasteiger partial charge in [-0.2, -0.15) is 0 Å². The summed E-state index contributed by atoms with van der Waals surface area (Å²) in [5.74, 6) is 0.429. The van der Waals surface area contributed by atoms with Gasteiger partial charge < -0.3 is 10.1 Å². The molecular formula is C16H25NO2. The van der Waals surface area contributed by atoms with Gasteiger partial charge >= 0.3 is 5.97 Å². The van der Waals surface area contributed by atoms with Crippen molar-refractivity contribution in [2.75, 3.05) is 13.2 Å². The number of hydrogen-bond donors (Lipinski definition) is 1. The summed E-state index contributed by atoms with van der Waals surface area (Å²) in [5, 5.41) is 3.33. The van der Waals surface area contributed by atoms with Crippen molar-refractivity contribution >= 4 is 5.97 Å². The van der Waals surface area contributed by atoms with Crippen molar-refractivity contribution in [1.82, 2.24) is 5.32 Å². The molecule has 2 unspecified atom stereocenters. The van der Waals surface area contributed by atoms with Crippen molar-refractivity contribution in [2.24, 2.45) is 5.92 Å². The molecule has 106 valence electrons. The summed E-state index contributed by atoms with van der Waals surface area (Å²) in [4.78, 5) is 12.1. The highest BCUT2D eigenvalue weighted by molar-refractivity contribution is 5.77. The molecule has 1 rings (SSSR count). The minimum atomic E-state index is -0.287. The van der Waals surface area contributed by atoms with E-state index in [2.05, 4.69) is 26.1 Å². The Hall–Kier alpha value is -1.35. The van der Waals surface area contributed by atoms with Crippen molar-refractivity contribution < 1.29 is 9.53 Å². The molecule has 0 saturated carbocycles. The predicted molar refractivity (Wildman–Crippen MR) is 78.1 cm³/mol. The number of esters is 1. The molecule has 3 heteroatoms. The average molecular weight is 263 g/mol. The third-order valence-electron chi connectivity index (χ3n) is 3.11. The van der Waals surface area contributed by atoms with Crippen LogP contribution in [0.4, 0.5) is 0 Å². The first-order chi connectivity index (χ1) is 9.06. The van der Waals surface area contributed by atoms with E-state index in [1.807, 2.05) is 37.3 Å². The van der Waals surface area contributed by atoms with E-state index >= 15 is 0 Å². The van der Waals surface area contributed by atoms with Crippen LogP contribution in [-0.2, 0) is 9.53 Å². The lowest BCUT2D eigenvalue weighted by molar-refractivity contribution is -0.146. The zero-order chi connectivity index (χ0) is 14.3. The van der Waals surface area contributed by atoms with Crippen molar-refractivity contribution in [3.05, 3.63) is 35.9 Å². The van der Waals surface area contributed by atoms with Crippen molar-refractivity contribution in [3.8, 4) is 0 Å². The Bertz CT molecular complexity index is 376. The molecule has 2 atom stereocenters. The molecular weight excluding hydrogens is 238 g/mol. The zero-order valence-corrected chi connectivity index (χ0v) is 12.3. The first-order valence-electron chi connectivity index (χ1n) is 7.01. The molecule has 0 amide bonds. The average Bonchev–Trinajstić information content (AvgIpc) is 2.39. The van der Waals surface area contributed by atoms with Gasteiger partial charge in [0.25, 0.3) is 0 Å². The van der Waals surface area contributed by atoms with E-state index in [4.69, 9.17) is 4.74 Å². The Kier molecular flexibility index (Phi) is 6.57. The summed E-state index contributed by atoms with van der Waals surface area (Å²) in [7, 11) is 0. The van der Waals surface area contributed by atoms with Crippen LogP contribution in [0.5, 0.6) is 0 Å². The molecule has 0 aromatic heterocycles. The van der Waals surface area contributed by atoms with Gasteiger partial charge in [0.15, 0.2) is 0 Å². The summed E-state index contributed by atoms with van der Waals surface area (Å²) in [5.41, 5.74) is 1.15. The van der Waals surface area contributed by atoms with E-state index < -0.39 is 0 Å². The van der Waals surface area contributed by atoms with Crippen LogP contribution in [0.2, 0.25) is 0 Å². The van der Waals surface area contributed by atoms with Gasteiger partial charge in [-0.05, 0) is 24.9 Å². The van der Waals surface area contributed by atoms with Gasteiger partial charge in [-0.3, -0.25) is 4.79 Å². The second-order valence-corrected chi connectivity index (χ2v) is 5.23. The number of carbonyl (C=O) groups excluding carboxylic acids is 1. The van der Waals surface area contributed by atoms with Crippen molar-refractivity contribution in [1.29, 1.82) is 0 Å². The fourth-order valence-corrected chi connectivity index (χ4v) is 2.01. The van der Waals surface area contributed by atoms with Crippen LogP contribution in [0.15, 0.2) is 30.3 Å². The Morgan fingerprint density at radius 3 is 2.37 bits per heavy atom. The van der Waals surface area contributed by atoms with Crippen LogP contribution in [-0.4, -0.2) is 25.2 Å². The van der Waals surface area contributed by atoms with Crippen LogP contribution in [0, 0.1) is 5.92 Å². The molecule has 1 N–H and O–H groups in total. The van der Waals surface area contributed by atoms with E-state index in [1.165, 1.54) is 0 Å². The monoisotopic (exact) mass is 263 g/mol. The van der Waals surface area contributed by atoms with Crippen LogP contribution in [0.3, 0.4) is 0 Å². The first-order valence-corrected chi connectivity index (χ1v) is 7.01. The van der Waals surface area contributed by atoms with Crippen molar-refractivity contribution in [2.45, 2.75) is 39.7 Å². The zero-order valence-electron chi connectivity index (χ0n) is 12.3. The minimum absolute atomic E-state index is 0.0963. The number of nitrogens with one attached hydrogen (secondary N) is 1. The number of ether oxygens (including phenoxy) is 1. The largest absolute Gasteiger partial charge is 0.465 e. The van der Waals surface area contributed by atoms with E-state index in [0.717, 1.165) is 12.1 Å². The molecule has 3 nitrogen and oxygen atoms in total. The van der Waals surface area contributed by atoms with Gasteiger partial charge in [0.1, 0.15) is 6.04 Å². The normalized spacial score (nSPS) is 14.2. The highest BCUT2D eigenvalue weighted by Crippen LogP contribution is 2.20. The number of carbonyl (C=O) groups is 1. The van der Waals surface area contributed by atoms with E-state index in [9.17, 15) is 4.79 Å². The molecule has 0 aliphatic rings. The highest BCUT2D eigenvalue weighted by Gasteiger charge is 2.27. The third kappa shape index (κ3) is 5.03. The van der Waals surface area contributed by atoms with Gasteiger partial charge in [-0.1, -0.05) is 51.1 Å². The molecule has 19 heavy (non-hydrogen) atoms. The summed E-state index contributed by atoms with van der Waals surface area (Å²) in [6, 6.07) is 9.79. The third-order valence-corrected chi connectivity index (χ3v) is 3.11. The number of rotatable bonds is 7. The maximum Gasteiger partial charge on any atom is 0.323 e. The van der Waals surface area contributed by atoms with Gasteiger partial charge in [0, 0.05) is 5.92 Å². The Balaban J connectivity index is 2.79. The fraction of sp³-hybridized carbons (Fsp3) is 0.562. The smallest absolute Gasteiger partial charge is 0.323 e. The topological polar surface area (TPSA) is 38.3 Å². The predicted octanol–water partition coefficient (Wildman–Crippen LogP) is 2.97. The maximum atomic E-state index is 12.1. The lowest BCUT2D eigenvalue weighted by Crippen LogP contribution is -2.43. The fourth-order valence-electron chi connectivity index (χ4n) is 2.01. The van der Waals surface area contributed by atoms with Gasteiger partial charge in [-0.15, -0.1) is 0 Å². The lowest BCUT2D eigenvalue weighted by Gasteiger charge is -2.24. The van der Waals surface area contributed by atoms with E-state index in [-0.39, 0.29) is 17.9 Å². The Labute approximate surface area is 116 Å². The van der Waals surface area contributed by atoms with Crippen LogP contribution < -0.4 is 5.32 Å². The molecule has 0 radical (unpaired) electrons. The molecule has 0 spiro atoms. The molecule has 0 aliphatic carbocycles. The molecule has 1 aromatic carbocycles. The minimum Gasteiger partial charge on any atom is -0.465 e. The van der Waals surface area contributed by atoms with Gasteiger partial charge in [-0.25, -0.2) is 0 Å². The summed E-state index contributed by atoms with van der Waals surface area (Å²) in [6.07, 6.45) is 0. The Morgan fingerprint density at radius 1 is 1.21 bits per heavy atom. The molecule has 0 fully saturated rings. The van der Waals surface area contributed by atoms with Crippen LogP contribution >= 0.6 is 0 Å². The molecule has 0 heterocycles. The van der Waals surface area contributed by atoms with Crippen molar-refractivity contribution in [3.63, 3.8) is 0 Å². The second kappa shape index (κ2) is 7.95. The number of benzene rings is 1.